The highest BCUT2D eigenvalue weighted by molar-refractivity contribution is 5.97. The van der Waals surface area contributed by atoms with Gasteiger partial charge in [-0.15, -0.1) is 0 Å². The van der Waals surface area contributed by atoms with Gasteiger partial charge in [0.05, 0.1) is 12.1 Å². The van der Waals surface area contributed by atoms with Gasteiger partial charge in [0.1, 0.15) is 42.5 Å². The quantitative estimate of drug-likeness (QED) is 0.0213. The van der Waals surface area contributed by atoms with Crippen LogP contribution in [0.25, 0.3) is 0 Å². The smallest absolute Gasteiger partial charge is 0.243 e. The Morgan fingerprint density at radius 1 is 0.278 bits per heavy atom. The molecule has 0 saturated heterocycles. The maximum absolute atomic E-state index is 14.3. The van der Waals surface area contributed by atoms with Crippen LogP contribution in [0.4, 0.5) is 0 Å². The molecule has 0 spiro atoms. The van der Waals surface area contributed by atoms with Crippen molar-refractivity contribution in [3.05, 3.63) is 0 Å². The zero-order valence-electron chi connectivity index (χ0n) is 43.3. The Morgan fingerprint density at radius 3 is 0.694 bits per heavy atom. The largest absolute Gasteiger partial charge is 0.345 e. The SMILES string of the molecule is NCCCC[C@@H](C=O)NC(=O)[C@H](CCCCN)NC(=O)[C@@H](CCCCN)NC(=O)[C@H](CCCCN)NC(=O)[C@H](CCCCN)NC(=O)[C@@H](CCCCN)NC(=O)[C@H](CCCCN)NC(=O)[C@@H](N)CCCCN. The Balaban J connectivity index is 6.70. The summed E-state index contributed by atoms with van der Waals surface area (Å²) in [5, 5.41) is 19.4. The molecule has 8 atom stereocenters. The van der Waals surface area contributed by atoms with E-state index in [4.69, 9.17) is 51.6 Å². The molecule has 0 aliphatic heterocycles. The minimum atomic E-state index is -1.19. The van der Waals surface area contributed by atoms with Crippen LogP contribution in [-0.4, -0.2) is 148 Å². The van der Waals surface area contributed by atoms with Crippen LogP contribution in [0.1, 0.15) is 154 Å². The van der Waals surface area contributed by atoms with E-state index in [9.17, 15) is 38.4 Å². The van der Waals surface area contributed by atoms with Crippen molar-refractivity contribution in [2.24, 2.45) is 51.6 Å². The summed E-state index contributed by atoms with van der Waals surface area (Å²) < 4.78 is 0. The molecule has 7 amide bonds. The number of unbranched alkanes of at least 4 members (excludes halogenated alkanes) is 8. The second-order valence-corrected chi connectivity index (χ2v) is 18.5. The van der Waals surface area contributed by atoms with Crippen molar-refractivity contribution in [2.75, 3.05) is 52.4 Å². The highest BCUT2D eigenvalue weighted by Gasteiger charge is 2.34. The summed E-state index contributed by atoms with van der Waals surface area (Å²) in [5.41, 5.74) is 52.0. The first-order chi connectivity index (χ1) is 34.7. The number of rotatable bonds is 47. The fraction of sp³-hybridized carbons (Fsp3) is 0.833. The summed E-state index contributed by atoms with van der Waals surface area (Å²) in [6, 6.07) is -8.40. The number of amides is 7. The molecule has 0 aromatic carbocycles. The van der Waals surface area contributed by atoms with E-state index < -0.39 is 89.7 Å². The molecule has 25 N–H and O–H groups in total. The monoisotopic (exact) mass is 1030 g/mol. The van der Waals surface area contributed by atoms with Crippen molar-refractivity contribution < 1.29 is 38.4 Å². The van der Waals surface area contributed by atoms with Crippen LogP contribution in [0.5, 0.6) is 0 Å². The standard InChI is InChI=1S/C48H98N16O8/c49-25-9-1-17-34(33-65)58-43(67)36(19-3-11-27-51)60-45(69)38(21-5-13-29-53)62-47(71)40(23-7-15-31-55)64-48(72)41(24-8-16-32-56)63-46(70)39(22-6-14-30-54)61-44(68)37(20-4-12-28-52)59-42(66)35(57)18-2-10-26-50/h33-41H,1-32,49-57H2,(H,58,67)(H,59,66)(H,60,69)(H,61,68)(H,62,71)(H,63,70)(H,64,72)/t34-,35-,36-,37-,38+,39+,40-,41-/m0/s1. The van der Waals surface area contributed by atoms with Crippen LogP contribution < -0.4 is 88.8 Å². The summed E-state index contributed by atoms with van der Waals surface area (Å²) in [6.45, 7) is 2.90. The maximum Gasteiger partial charge on any atom is 0.243 e. The van der Waals surface area contributed by atoms with Gasteiger partial charge in [-0.25, -0.2) is 0 Å². The van der Waals surface area contributed by atoms with E-state index in [1.807, 2.05) is 0 Å². The predicted molar refractivity (Wildman–Crippen MR) is 281 cm³/mol. The first-order valence-electron chi connectivity index (χ1n) is 26.7. The van der Waals surface area contributed by atoms with Crippen LogP contribution in [0.2, 0.25) is 0 Å². The summed E-state index contributed by atoms with van der Waals surface area (Å²) in [4.78, 5) is 109. The van der Waals surface area contributed by atoms with Gasteiger partial charge in [-0.1, -0.05) is 6.42 Å². The zero-order chi connectivity index (χ0) is 53.9. The highest BCUT2D eigenvalue weighted by Crippen LogP contribution is 2.12. The molecule has 24 heteroatoms. The predicted octanol–water partition coefficient (Wildman–Crippen LogP) is -3.06. The van der Waals surface area contributed by atoms with Crippen molar-refractivity contribution in [3.63, 3.8) is 0 Å². The van der Waals surface area contributed by atoms with Crippen molar-refractivity contribution in [1.82, 2.24) is 37.2 Å². The molecule has 0 aliphatic carbocycles. The lowest BCUT2D eigenvalue weighted by Crippen LogP contribution is -2.60. The molecule has 0 heterocycles. The molecular weight excluding hydrogens is 929 g/mol. The van der Waals surface area contributed by atoms with Gasteiger partial charge < -0.3 is 93.6 Å². The number of hydrogen-bond acceptors (Lipinski definition) is 17. The second kappa shape index (κ2) is 44.1. The number of hydrogen-bond donors (Lipinski definition) is 16. The molecule has 0 aliphatic rings. The molecule has 0 fully saturated rings. The van der Waals surface area contributed by atoms with E-state index in [1.165, 1.54) is 0 Å². The normalized spacial score (nSPS) is 14.6. The first kappa shape index (κ1) is 67.6. The van der Waals surface area contributed by atoms with Crippen LogP contribution in [0.15, 0.2) is 0 Å². The molecule has 24 nitrogen and oxygen atoms in total. The molecule has 0 radical (unpaired) electrons. The summed E-state index contributed by atoms with van der Waals surface area (Å²) in [7, 11) is 0. The van der Waals surface area contributed by atoms with Crippen LogP contribution >= 0.6 is 0 Å². The molecular formula is C48H98N16O8. The van der Waals surface area contributed by atoms with E-state index in [0.29, 0.717) is 174 Å². The van der Waals surface area contributed by atoms with Gasteiger partial charge in [-0.3, -0.25) is 33.6 Å². The number of aldehydes is 1. The molecule has 418 valence electrons. The first-order valence-corrected chi connectivity index (χ1v) is 26.7. The lowest BCUT2D eigenvalue weighted by atomic mass is 10.0. The van der Waals surface area contributed by atoms with Gasteiger partial charge in [-0.2, -0.15) is 0 Å². The van der Waals surface area contributed by atoms with Gasteiger partial charge in [0, 0.05) is 0 Å². The molecule has 0 aromatic heterocycles. The fourth-order valence-electron chi connectivity index (χ4n) is 7.82. The third-order valence-electron chi connectivity index (χ3n) is 12.2. The lowest BCUT2D eigenvalue weighted by molar-refractivity contribution is -0.136. The lowest BCUT2D eigenvalue weighted by Gasteiger charge is -2.28. The number of carbonyl (C=O) groups excluding carboxylic acids is 8. The Labute approximate surface area is 428 Å². The molecule has 0 unspecified atom stereocenters. The van der Waals surface area contributed by atoms with Crippen molar-refractivity contribution in [3.8, 4) is 0 Å². The van der Waals surface area contributed by atoms with Crippen molar-refractivity contribution >= 4 is 47.6 Å². The average Bonchev–Trinajstić information content (AvgIpc) is 3.36. The fourth-order valence-corrected chi connectivity index (χ4v) is 7.82. The van der Waals surface area contributed by atoms with E-state index in [2.05, 4.69) is 37.2 Å². The van der Waals surface area contributed by atoms with Crippen LogP contribution in [-0.2, 0) is 38.4 Å². The highest BCUT2D eigenvalue weighted by atomic mass is 16.2. The summed E-state index contributed by atoms with van der Waals surface area (Å²) in [6.07, 6.45) is 11.0. The van der Waals surface area contributed by atoms with Gasteiger partial charge >= 0.3 is 0 Å². The molecule has 0 rings (SSSR count). The van der Waals surface area contributed by atoms with Crippen molar-refractivity contribution in [2.45, 2.75) is 202 Å². The Morgan fingerprint density at radius 2 is 0.472 bits per heavy atom. The number of nitrogens with two attached hydrogens (primary N) is 9. The third-order valence-corrected chi connectivity index (χ3v) is 12.2. The minimum Gasteiger partial charge on any atom is -0.345 e. The van der Waals surface area contributed by atoms with E-state index in [1.54, 1.807) is 0 Å². The maximum atomic E-state index is 14.3. The number of carbonyl (C=O) groups is 8. The van der Waals surface area contributed by atoms with Crippen molar-refractivity contribution in [1.29, 1.82) is 0 Å². The van der Waals surface area contributed by atoms with Crippen LogP contribution in [0.3, 0.4) is 0 Å². The summed E-state index contributed by atoms with van der Waals surface area (Å²) >= 11 is 0. The Kier molecular flexibility index (Phi) is 41.4. The second-order valence-electron chi connectivity index (χ2n) is 18.5. The number of nitrogens with one attached hydrogen (secondary N) is 7. The average molecular weight is 1030 g/mol. The van der Waals surface area contributed by atoms with Gasteiger partial charge in [-0.05, 0) is 200 Å². The minimum absolute atomic E-state index is 0.127. The molecule has 72 heavy (non-hydrogen) atoms. The van der Waals surface area contributed by atoms with Crippen LogP contribution in [0, 0.1) is 0 Å². The van der Waals surface area contributed by atoms with E-state index in [0.717, 1.165) is 0 Å². The van der Waals surface area contributed by atoms with Gasteiger partial charge in [0.2, 0.25) is 41.4 Å². The Bertz CT molecular complexity index is 1520. The van der Waals surface area contributed by atoms with Gasteiger partial charge in [0.15, 0.2) is 0 Å². The topological polar surface area (TPSA) is 455 Å². The van der Waals surface area contributed by atoms with E-state index in [-0.39, 0.29) is 38.5 Å². The third kappa shape index (κ3) is 31.2. The zero-order valence-corrected chi connectivity index (χ0v) is 43.3. The molecule has 0 bridgehead atoms. The molecule has 0 aromatic rings. The summed E-state index contributed by atoms with van der Waals surface area (Å²) in [5.74, 6) is -4.37. The molecule has 0 saturated carbocycles. The van der Waals surface area contributed by atoms with Gasteiger partial charge in [0.25, 0.3) is 0 Å². The van der Waals surface area contributed by atoms with E-state index >= 15 is 0 Å². The Hall–Kier alpha value is -4.40.